The second-order valence-electron chi connectivity index (χ2n) is 15.5. The second-order valence-corrected chi connectivity index (χ2v) is 15.5. The molecule has 0 spiro atoms. The van der Waals surface area contributed by atoms with E-state index in [1.54, 1.807) is 0 Å². The molecule has 0 saturated carbocycles. The third kappa shape index (κ3) is 6.22. The average molecular weight is 804 g/mol. The largest absolute Gasteiger partial charge is 2.00 e. The van der Waals surface area contributed by atoms with E-state index in [4.69, 9.17) is 20.3 Å². The van der Waals surface area contributed by atoms with Gasteiger partial charge in [0.1, 0.15) is 0 Å². The standard InChI is InChI=1S/C31H31N5.C9H13N.Pt/c1-30(2)13-7-11-21-25(33-35-28(21)30)24-17-20-15-18-9-5-6-10-19(18)16-23(20)26(32-24)27-22-12-8-14-31(3,4)29(22)36-34-27;1-9(2,3)8-4-6-10-7-5-8;/h5-6,9-10,15-17H,7-8,11-14H2,1-4H3;4-7H,1-3H3;/q-2;;+2. The summed E-state index contributed by atoms with van der Waals surface area (Å²) >= 11 is 0. The molecule has 7 heteroatoms. The summed E-state index contributed by atoms with van der Waals surface area (Å²) < 4.78 is 0. The Morgan fingerprint density at radius 1 is 0.681 bits per heavy atom. The third-order valence-corrected chi connectivity index (χ3v) is 10.1. The van der Waals surface area contributed by atoms with E-state index in [0.717, 1.165) is 83.5 Å². The summed E-state index contributed by atoms with van der Waals surface area (Å²) in [5.74, 6) is 0. The number of rotatable bonds is 2. The average Bonchev–Trinajstić information content (AvgIpc) is 3.66. The Kier molecular flexibility index (Phi) is 8.80. The number of benzene rings is 2. The summed E-state index contributed by atoms with van der Waals surface area (Å²) in [5.41, 5.74) is 10.2. The van der Waals surface area contributed by atoms with Crippen LogP contribution < -0.4 is 10.2 Å². The van der Waals surface area contributed by atoms with Crippen LogP contribution in [0, 0.1) is 0 Å². The van der Waals surface area contributed by atoms with Crippen LogP contribution in [0.15, 0.2) is 67.0 Å². The van der Waals surface area contributed by atoms with E-state index in [1.807, 2.05) is 12.4 Å². The quantitative estimate of drug-likeness (QED) is 0.163. The fourth-order valence-electron chi connectivity index (χ4n) is 7.37. The molecule has 244 valence electrons. The Morgan fingerprint density at radius 3 is 1.81 bits per heavy atom. The molecule has 0 bridgehead atoms. The number of pyridine rings is 2. The van der Waals surface area contributed by atoms with Crippen molar-refractivity contribution < 1.29 is 21.1 Å². The van der Waals surface area contributed by atoms with Crippen molar-refractivity contribution >= 4 is 21.5 Å². The van der Waals surface area contributed by atoms with E-state index >= 15 is 0 Å². The first-order valence-corrected chi connectivity index (χ1v) is 16.7. The number of hydrogen-bond donors (Lipinski definition) is 0. The van der Waals surface area contributed by atoms with E-state index in [9.17, 15) is 0 Å². The molecule has 0 fully saturated rings. The molecule has 0 atom stereocenters. The van der Waals surface area contributed by atoms with Gasteiger partial charge in [0.05, 0.1) is 11.4 Å². The van der Waals surface area contributed by atoms with Crippen LogP contribution in [0.3, 0.4) is 0 Å². The topological polar surface area (TPSA) is 79.8 Å². The molecule has 4 heterocycles. The monoisotopic (exact) mass is 803 g/mol. The molecule has 2 aliphatic carbocycles. The summed E-state index contributed by atoms with van der Waals surface area (Å²) in [4.78, 5) is 9.26. The van der Waals surface area contributed by atoms with E-state index < -0.39 is 0 Å². The summed E-state index contributed by atoms with van der Waals surface area (Å²) in [6.07, 6.45) is 10.3. The maximum absolute atomic E-state index is 5.30. The Morgan fingerprint density at radius 2 is 1.23 bits per heavy atom. The van der Waals surface area contributed by atoms with Crippen molar-refractivity contribution in [2.24, 2.45) is 0 Å². The van der Waals surface area contributed by atoms with Gasteiger partial charge in [-0.1, -0.05) is 84.1 Å². The maximum Gasteiger partial charge on any atom is 2.00 e. The molecule has 0 amide bonds. The van der Waals surface area contributed by atoms with Crippen molar-refractivity contribution in [2.45, 2.75) is 103 Å². The first-order valence-electron chi connectivity index (χ1n) is 16.7. The molecular weight excluding hydrogens is 760 g/mol. The summed E-state index contributed by atoms with van der Waals surface area (Å²) in [5, 5.41) is 23.6. The van der Waals surface area contributed by atoms with Crippen molar-refractivity contribution in [3.63, 3.8) is 0 Å². The summed E-state index contributed by atoms with van der Waals surface area (Å²) in [6.45, 7) is 15.7. The van der Waals surface area contributed by atoms with Crippen LogP contribution in [-0.2, 0) is 50.2 Å². The number of fused-ring (bicyclic) bond motifs is 4. The SMILES string of the molecule is CC(C)(C)c1ccncc1.CC1(C)CCCc2c1n[n-]c2-c1cc2cc3ccccc3cc2c(-c2[n-]nc3c2CCCC3(C)C)n1.[Pt+2]. The minimum absolute atomic E-state index is 0. The first-order chi connectivity index (χ1) is 21.9. The molecule has 0 saturated heterocycles. The van der Waals surface area contributed by atoms with Crippen molar-refractivity contribution in [3.8, 4) is 22.8 Å². The molecule has 4 aromatic heterocycles. The molecule has 2 aromatic carbocycles. The molecule has 0 aliphatic heterocycles. The maximum atomic E-state index is 5.30. The van der Waals surface area contributed by atoms with Crippen LogP contribution in [0.1, 0.15) is 102 Å². The summed E-state index contributed by atoms with van der Waals surface area (Å²) in [6, 6.07) is 19.4. The van der Waals surface area contributed by atoms with E-state index in [0.29, 0.717) is 0 Å². The molecule has 2 aliphatic rings. The van der Waals surface area contributed by atoms with Crippen LogP contribution in [0.2, 0.25) is 0 Å². The van der Waals surface area contributed by atoms with Crippen molar-refractivity contribution in [1.29, 1.82) is 0 Å². The van der Waals surface area contributed by atoms with Gasteiger partial charge in [-0.15, -0.1) is 0 Å². The van der Waals surface area contributed by atoms with Gasteiger partial charge in [-0.3, -0.25) is 9.97 Å². The number of nitrogens with zero attached hydrogens (tertiary/aromatic N) is 6. The smallest absolute Gasteiger partial charge is 0.573 e. The van der Waals surface area contributed by atoms with Crippen LogP contribution in [0.4, 0.5) is 0 Å². The zero-order valence-corrected chi connectivity index (χ0v) is 30.9. The molecule has 6 aromatic rings. The second kappa shape index (κ2) is 12.4. The minimum atomic E-state index is 0. The number of hydrogen-bond acceptors (Lipinski definition) is 4. The molecule has 0 N–H and O–H groups in total. The molecule has 0 radical (unpaired) electrons. The molecule has 0 unspecified atom stereocenters. The van der Waals surface area contributed by atoms with Gasteiger partial charge in [-0.2, -0.15) is 0 Å². The summed E-state index contributed by atoms with van der Waals surface area (Å²) in [7, 11) is 0. The van der Waals surface area contributed by atoms with Gasteiger partial charge in [0.2, 0.25) is 0 Å². The Hall–Kier alpha value is -3.63. The first kappa shape index (κ1) is 33.3. The Bertz CT molecular complexity index is 2040. The van der Waals surface area contributed by atoms with Gasteiger partial charge >= 0.3 is 21.1 Å². The van der Waals surface area contributed by atoms with Gasteiger partial charge < -0.3 is 20.4 Å². The van der Waals surface area contributed by atoms with Crippen molar-refractivity contribution in [1.82, 2.24) is 30.4 Å². The molecule has 8 rings (SSSR count). The van der Waals surface area contributed by atoms with Crippen LogP contribution in [0.5, 0.6) is 0 Å². The van der Waals surface area contributed by atoms with Crippen molar-refractivity contribution in [3.05, 3.63) is 95.1 Å². The zero-order valence-electron chi connectivity index (χ0n) is 28.6. The molecule has 6 nitrogen and oxygen atoms in total. The Labute approximate surface area is 292 Å². The van der Waals surface area contributed by atoms with E-state index in [-0.39, 0.29) is 37.3 Å². The minimum Gasteiger partial charge on any atom is -0.573 e. The molecular formula is C40H44N6Pt. The Balaban J connectivity index is 0.000000304. The van der Waals surface area contributed by atoms with Crippen LogP contribution >= 0.6 is 0 Å². The normalized spacial score (nSPS) is 16.5. The van der Waals surface area contributed by atoms with Crippen LogP contribution in [0.25, 0.3) is 44.3 Å². The number of aromatic nitrogens is 6. The predicted octanol–water partition coefficient (Wildman–Crippen LogP) is 9.03. The van der Waals surface area contributed by atoms with E-state index in [1.165, 1.54) is 27.5 Å². The van der Waals surface area contributed by atoms with Crippen molar-refractivity contribution in [2.75, 3.05) is 0 Å². The van der Waals surface area contributed by atoms with E-state index in [2.05, 4.69) is 113 Å². The van der Waals surface area contributed by atoms with Gasteiger partial charge in [0.25, 0.3) is 0 Å². The zero-order chi connectivity index (χ0) is 32.3. The van der Waals surface area contributed by atoms with Gasteiger partial charge in [-0.05, 0) is 107 Å². The third-order valence-electron chi connectivity index (χ3n) is 10.1. The molecule has 47 heavy (non-hydrogen) atoms. The fraction of sp³-hybridized carbons (Fsp3) is 0.400. The van der Waals surface area contributed by atoms with Gasteiger partial charge in [-0.25, -0.2) is 0 Å². The predicted molar refractivity (Wildman–Crippen MR) is 187 cm³/mol. The van der Waals surface area contributed by atoms with Gasteiger partial charge in [0, 0.05) is 40.0 Å². The van der Waals surface area contributed by atoms with Gasteiger partial charge in [0.15, 0.2) is 0 Å². The fourth-order valence-corrected chi connectivity index (χ4v) is 7.37. The van der Waals surface area contributed by atoms with Crippen LogP contribution in [-0.4, -0.2) is 20.2 Å².